The van der Waals surface area contributed by atoms with Crippen molar-refractivity contribution in [1.82, 2.24) is 0 Å². The van der Waals surface area contributed by atoms with Crippen LogP contribution in [0.2, 0.25) is 0 Å². The molecule has 0 bridgehead atoms. The highest BCUT2D eigenvalue weighted by molar-refractivity contribution is 5.84. The highest BCUT2D eigenvalue weighted by atomic mass is 16.5. The van der Waals surface area contributed by atoms with E-state index in [9.17, 15) is 9.90 Å². The lowest BCUT2D eigenvalue weighted by molar-refractivity contribution is 0.309. The predicted octanol–water partition coefficient (Wildman–Crippen LogP) is 3.82. The highest BCUT2D eigenvalue weighted by Crippen LogP contribution is 2.27. The molecule has 1 N–H and O–H groups in total. The van der Waals surface area contributed by atoms with Crippen LogP contribution in [0.15, 0.2) is 57.7 Å². The van der Waals surface area contributed by atoms with E-state index in [1.165, 1.54) is 0 Å². The highest BCUT2D eigenvalue weighted by Gasteiger charge is 2.13. The molecule has 118 valence electrons. The Kier molecular flexibility index (Phi) is 4.33. The number of fused-ring (bicyclic) bond motifs is 1. The van der Waals surface area contributed by atoms with Crippen LogP contribution in [0.4, 0.5) is 0 Å². The van der Waals surface area contributed by atoms with Crippen molar-refractivity contribution in [2.45, 2.75) is 19.8 Å². The smallest absolute Gasteiger partial charge is 0.343 e. The maximum Gasteiger partial charge on any atom is 0.343 e. The van der Waals surface area contributed by atoms with Crippen LogP contribution >= 0.6 is 0 Å². The molecular weight excluding hydrogens is 292 g/mol. The lowest BCUT2D eigenvalue weighted by Crippen LogP contribution is -2.10. The minimum atomic E-state index is -0.487. The summed E-state index contributed by atoms with van der Waals surface area (Å²) in [6.07, 6.45) is 1.02. The van der Waals surface area contributed by atoms with Gasteiger partial charge in [0.25, 0.3) is 0 Å². The number of aromatic hydroxyl groups is 1. The molecule has 0 spiro atoms. The normalized spacial score (nSPS) is 10.8. The van der Waals surface area contributed by atoms with Crippen molar-refractivity contribution in [1.29, 1.82) is 0 Å². The van der Waals surface area contributed by atoms with Gasteiger partial charge in [-0.3, -0.25) is 0 Å². The second-order valence-electron chi connectivity index (χ2n) is 5.48. The third kappa shape index (κ3) is 3.37. The Morgan fingerprint density at radius 3 is 2.70 bits per heavy atom. The van der Waals surface area contributed by atoms with Gasteiger partial charge in [0.2, 0.25) is 0 Å². The zero-order valence-electron chi connectivity index (χ0n) is 12.9. The first-order valence-electron chi connectivity index (χ1n) is 7.58. The number of hydrogen-bond acceptors (Lipinski definition) is 4. The molecular formula is C19H18O4. The van der Waals surface area contributed by atoms with Crippen molar-refractivity contribution in [3.8, 4) is 11.5 Å². The van der Waals surface area contributed by atoms with Crippen LogP contribution in [-0.4, -0.2) is 11.7 Å². The van der Waals surface area contributed by atoms with Gasteiger partial charge in [0.15, 0.2) is 0 Å². The molecule has 0 aliphatic carbocycles. The lowest BCUT2D eigenvalue weighted by atomic mass is 10.1. The summed E-state index contributed by atoms with van der Waals surface area (Å²) in [6.45, 7) is 2.39. The van der Waals surface area contributed by atoms with Crippen molar-refractivity contribution >= 4 is 11.0 Å². The first kappa shape index (κ1) is 15.2. The topological polar surface area (TPSA) is 59.7 Å². The summed E-state index contributed by atoms with van der Waals surface area (Å²) < 4.78 is 10.9. The number of ether oxygens (including phenoxy) is 1. The van der Waals surface area contributed by atoms with Crippen LogP contribution < -0.4 is 10.4 Å². The molecule has 4 nitrogen and oxygen atoms in total. The van der Waals surface area contributed by atoms with E-state index in [1.54, 1.807) is 6.07 Å². The van der Waals surface area contributed by atoms with Crippen molar-refractivity contribution in [2.24, 2.45) is 0 Å². The third-order valence-electron chi connectivity index (χ3n) is 3.71. The predicted molar refractivity (Wildman–Crippen MR) is 89.1 cm³/mol. The molecule has 1 heterocycles. The van der Waals surface area contributed by atoms with Gasteiger partial charge >= 0.3 is 5.63 Å². The van der Waals surface area contributed by atoms with Crippen LogP contribution in [0.5, 0.6) is 11.5 Å². The van der Waals surface area contributed by atoms with E-state index in [0.717, 1.165) is 11.3 Å². The van der Waals surface area contributed by atoms with E-state index in [-0.39, 0.29) is 5.75 Å². The molecule has 0 radical (unpaired) electrons. The van der Waals surface area contributed by atoms with Gasteiger partial charge < -0.3 is 14.3 Å². The summed E-state index contributed by atoms with van der Waals surface area (Å²) in [5, 5.41) is 10.9. The van der Waals surface area contributed by atoms with Crippen LogP contribution in [0.3, 0.4) is 0 Å². The second kappa shape index (κ2) is 6.57. The number of para-hydroxylation sites is 1. The molecule has 0 atom stereocenters. The molecule has 0 amide bonds. The molecule has 2 aromatic carbocycles. The number of rotatable bonds is 5. The van der Waals surface area contributed by atoms with Crippen LogP contribution in [0.1, 0.15) is 17.5 Å². The molecule has 3 aromatic rings. The van der Waals surface area contributed by atoms with E-state index in [4.69, 9.17) is 9.15 Å². The minimum absolute atomic E-state index is 0.0136. The molecule has 0 fully saturated rings. The van der Waals surface area contributed by atoms with Gasteiger partial charge in [0.05, 0.1) is 17.6 Å². The van der Waals surface area contributed by atoms with Gasteiger partial charge in [-0.1, -0.05) is 29.8 Å². The van der Waals surface area contributed by atoms with Crippen LogP contribution in [-0.2, 0) is 6.42 Å². The maximum absolute atomic E-state index is 12.0. The summed E-state index contributed by atoms with van der Waals surface area (Å²) in [5.74, 6) is 0.803. The van der Waals surface area contributed by atoms with Crippen LogP contribution in [0.25, 0.3) is 11.0 Å². The molecule has 0 saturated carbocycles. The second-order valence-corrected chi connectivity index (χ2v) is 5.48. The van der Waals surface area contributed by atoms with Crippen molar-refractivity contribution < 1.29 is 14.3 Å². The summed E-state index contributed by atoms with van der Waals surface area (Å²) in [7, 11) is 0. The van der Waals surface area contributed by atoms with Gasteiger partial charge in [-0.05, 0) is 44.0 Å². The van der Waals surface area contributed by atoms with Gasteiger partial charge in [0.1, 0.15) is 17.1 Å². The van der Waals surface area contributed by atoms with Crippen LogP contribution in [0, 0.1) is 6.92 Å². The zero-order chi connectivity index (χ0) is 16.2. The average molecular weight is 310 g/mol. The number of benzene rings is 2. The Labute approximate surface area is 134 Å². The first-order chi connectivity index (χ1) is 11.1. The monoisotopic (exact) mass is 310 g/mol. The Morgan fingerprint density at radius 2 is 1.91 bits per heavy atom. The summed E-state index contributed by atoms with van der Waals surface area (Å²) in [5.41, 5.74) is 1.22. The Bertz CT molecular complexity index is 866. The summed E-state index contributed by atoms with van der Waals surface area (Å²) >= 11 is 0. The third-order valence-corrected chi connectivity index (χ3v) is 3.71. The largest absolute Gasteiger partial charge is 0.507 e. The molecule has 0 unspecified atom stereocenters. The molecule has 4 heteroatoms. The molecule has 0 aliphatic heterocycles. The zero-order valence-corrected chi connectivity index (χ0v) is 12.9. The Hall–Kier alpha value is -2.75. The maximum atomic E-state index is 12.0. The van der Waals surface area contributed by atoms with Crippen molar-refractivity contribution in [3.05, 3.63) is 70.1 Å². The van der Waals surface area contributed by atoms with Crippen molar-refractivity contribution in [2.75, 3.05) is 6.61 Å². The fourth-order valence-corrected chi connectivity index (χ4v) is 2.51. The van der Waals surface area contributed by atoms with E-state index < -0.39 is 5.63 Å². The fourth-order valence-electron chi connectivity index (χ4n) is 2.51. The van der Waals surface area contributed by atoms with Crippen molar-refractivity contribution in [3.63, 3.8) is 0 Å². The SMILES string of the molecule is Cc1ccc2oc(=O)c(CCCOc3ccccc3)c(O)c2c1. The molecule has 0 saturated heterocycles. The van der Waals surface area contributed by atoms with E-state index in [1.807, 2.05) is 49.4 Å². The van der Waals surface area contributed by atoms with Gasteiger partial charge in [0, 0.05) is 0 Å². The summed E-state index contributed by atoms with van der Waals surface area (Å²) in [4.78, 5) is 12.0. The first-order valence-corrected chi connectivity index (χ1v) is 7.58. The van der Waals surface area contributed by atoms with Gasteiger partial charge in [-0.2, -0.15) is 0 Å². The van der Waals surface area contributed by atoms with E-state index >= 15 is 0 Å². The standard InChI is InChI=1S/C19H18O4/c1-13-9-10-17-16(12-13)18(20)15(19(21)23-17)8-5-11-22-14-6-3-2-4-7-14/h2-4,6-7,9-10,12,20H,5,8,11H2,1H3. The molecule has 3 rings (SSSR count). The molecule has 1 aromatic heterocycles. The summed E-state index contributed by atoms with van der Waals surface area (Å²) in [6, 6.07) is 14.9. The van der Waals surface area contributed by atoms with E-state index in [0.29, 0.717) is 36.0 Å². The number of aryl methyl sites for hydroxylation is 1. The quantitative estimate of drug-likeness (QED) is 0.575. The average Bonchev–Trinajstić information content (AvgIpc) is 2.56. The van der Waals surface area contributed by atoms with Gasteiger partial charge in [-0.25, -0.2) is 4.79 Å². The fraction of sp³-hybridized carbons (Fsp3) is 0.211. The number of hydrogen-bond donors (Lipinski definition) is 1. The minimum Gasteiger partial charge on any atom is -0.507 e. The molecule has 0 aliphatic rings. The lowest BCUT2D eigenvalue weighted by Gasteiger charge is -2.08. The Morgan fingerprint density at radius 1 is 1.13 bits per heavy atom. The van der Waals surface area contributed by atoms with E-state index in [2.05, 4.69) is 0 Å². The Balaban J connectivity index is 1.74. The van der Waals surface area contributed by atoms with Gasteiger partial charge in [-0.15, -0.1) is 0 Å². The molecule has 23 heavy (non-hydrogen) atoms.